The highest BCUT2D eigenvalue weighted by Crippen LogP contribution is 2.62. The van der Waals surface area contributed by atoms with Crippen LogP contribution in [0.5, 0.6) is 0 Å². The molecule has 4 saturated carbocycles. The minimum atomic E-state index is -0.168. The Balaban J connectivity index is 1.82. The zero-order valence-electron chi connectivity index (χ0n) is 12.3. The molecule has 0 saturated heterocycles. The van der Waals surface area contributed by atoms with Gasteiger partial charge in [-0.1, -0.05) is 31.2 Å². The van der Waals surface area contributed by atoms with Crippen LogP contribution in [0.1, 0.15) is 50.2 Å². The van der Waals surface area contributed by atoms with Gasteiger partial charge in [-0.15, -0.1) is 0 Å². The van der Waals surface area contributed by atoms with Crippen LogP contribution in [0.2, 0.25) is 0 Å². The first-order valence-corrected chi connectivity index (χ1v) is 8.27. The van der Waals surface area contributed by atoms with Gasteiger partial charge in [-0.2, -0.15) is 5.26 Å². The Bertz CT molecular complexity index is 537. The second-order valence-electron chi connectivity index (χ2n) is 7.34. The molecule has 0 spiro atoms. The van der Waals surface area contributed by atoms with Crippen molar-refractivity contribution in [1.82, 2.24) is 0 Å². The lowest BCUT2D eigenvalue weighted by atomic mass is 9.44. The summed E-state index contributed by atoms with van der Waals surface area (Å²) in [7, 11) is 0. The Morgan fingerprint density at radius 3 is 2.30 bits per heavy atom. The molecule has 0 aliphatic heterocycles. The lowest BCUT2D eigenvalue weighted by molar-refractivity contribution is -0.0348. The van der Waals surface area contributed by atoms with Gasteiger partial charge in [-0.05, 0) is 73.3 Å². The molecular weight excluding hydrogens is 242 g/mol. The number of nitriles is 1. The predicted octanol–water partition coefficient (Wildman–Crippen LogP) is 4.47. The molecule has 4 aliphatic carbocycles. The van der Waals surface area contributed by atoms with Crippen molar-refractivity contribution in [2.75, 3.05) is 0 Å². The maximum absolute atomic E-state index is 10.1. The lowest BCUT2D eigenvalue weighted by Crippen LogP contribution is -2.54. The van der Waals surface area contributed by atoms with Crippen LogP contribution in [0, 0.1) is 35.0 Å². The molecule has 0 aromatic heterocycles. The zero-order chi connectivity index (χ0) is 13.7. The standard InChI is InChI=1S/C19H23N/c1-2-13-4-3-5-16(7-13)19(12-20)17-8-14-6-15(10-17)11-18(19)9-14/h3-5,7,14-15,17-18H,2,6,8-11H2,1H3. The van der Waals surface area contributed by atoms with E-state index in [9.17, 15) is 5.26 Å². The molecule has 4 aliphatic rings. The van der Waals surface area contributed by atoms with Crippen molar-refractivity contribution in [1.29, 1.82) is 5.26 Å². The predicted molar refractivity (Wildman–Crippen MR) is 80.2 cm³/mol. The number of hydrogen-bond acceptors (Lipinski definition) is 1. The van der Waals surface area contributed by atoms with E-state index in [1.165, 1.54) is 43.2 Å². The first kappa shape index (κ1) is 12.5. The molecule has 4 fully saturated rings. The van der Waals surface area contributed by atoms with E-state index in [0.29, 0.717) is 11.8 Å². The van der Waals surface area contributed by atoms with Crippen molar-refractivity contribution in [3.63, 3.8) is 0 Å². The monoisotopic (exact) mass is 265 g/mol. The molecule has 0 amide bonds. The molecule has 20 heavy (non-hydrogen) atoms. The van der Waals surface area contributed by atoms with Crippen molar-refractivity contribution in [2.24, 2.45) is 23.7 Å². The van der Waals surface area contributed by atoms with Gasteiger partial charge >= 0.3 is 0 Å². The minimum Gasteiger partial charge on any atom is -0.197 e. The summed E-state index contributed by atoms with van der Waals surface area (Å²) in [6.07, 6.45) is 7.72. The van der Waals surface area contributed by atoms with Gasteiger partial charge in [0.15, 0.2) is 0 Å². The van der Waals surface area contributed by atoms with Gasteiger partial charge in [0.05, 0.1) is 11.5 Å². The van der Waals surface area contributed by atoms with Crippen molar-refractivity contribution in [3.05, 3.63) is 35.4 Å². The summed E-state index contributed by atoms with van der Waals surface area (Å²) in [5.74, 6) is 3.09. The van der Waals surface area contributed by atoms with Crippen molar-refractivity contribution >= 4 is 0 Å². The normalized spacial score (nSPS) is 41.6. The summed E-state index contributed by atoms with van der Waals surface area (Å²) in [4.78, 5) is 0. The molecule has 104 valence electrons. The second-order valence-corrected chi connectivity index (χ2v) is 7.34. The Morgan fingerprint density at radius 2 is 1.75 bits per heavy atom. The summed E-state index contributed by atoms with van der Waals surface area (Å²) in [5.41, 5.74) is 2.54. The number of hydrogen-bond donors (Lipinski definition) is 0. The van der Waals surface area contributed by atoms with E-state index in [1.807, 2.05) is 0 Å². The maximum atomic E-state index is 10.1. The lowest BCUT2D eigenvalue weighted by Gasteiger charge is -2.58. The minimum absolute atomic E-state index is 0.168. The Morgan fingerprint density at radius 1 is 1.10 bits per heavy atom. The molecule has 1 aromatic rings. The van der Waals surface area contributed by atoms with E-state index in [2.05, 4.69) is 37.3 Å². The van der Waals surface area contributed by atoms with Gasteiger partial charge in [0.25, 0.3) is 0 Å². The van der Waals surface area contributed by atoms with E-state index >= 15 is 0 Å². The van der Waals surface area contributed by atoms with Gasteiger partial charge in [0.2, 0.25) is 0 Å². The quantitative estimate of drug-likeness (QED) is 0.774. The van der Waals surface area contributed by atoms with Crippen molar-refractivity contribution in [3.8, 4) is 6.07 Å². The molecule has 0 unspecified atom stereocenters. The molecule has 4 bridgehead atoms. The molecular formula is C19H23N. The number of benzene rings is 1. The number of rotatable bonds is 2. The van der Waals surface area contributed by atoms with Gasteiger partial charge in [-0.3, -0.25) is 0 Å². The van der Waals surface area contributed by atoms with E-state index in [4.69, 9.17) is 0 Å². The Kier molecular flexibility index (Phi) is 2.71. The van der Waals surface area contributed by atoms with Crippen LogP contribution >= 0.6 is 0 Å². The molecule has 0 atom stereocenters. The maximum Gasteiger partial charge on any atom is 0.0878 e. The Hall–Kier alpha value is -1.29. The number of aryl methyl sites for hydroxylation is 1. The van der Waals surface area contributed by atoms with Gasteiger partial charge in [0, 0.05) is 0 Å². The molecule has 0 heterocycles. The molecule has 0 radical (unpaired) electrons. The Labute approximate surface area is 122 Å². The van der Waals surface area contributed by atoms with Crippen molar-refractivity contribution in [2.45, 2.75) is 50.9 Å². The summed E-state index contributed by atoms with van der Waals surface area (Å²) in [5, 5.41) is 10.1. The summed E-state index contributed by atoms with van der Waals surface area (Å²) in [6, 6.07) is 11.7. The van der Waals surface area contributed by atoms with Gasteiger partial charge in [0.1, 0.15) is 0 Å². The van der Waals surface area contributed by atoms with Crippen LogP contribution in [0.15, 0.2) is 24.3 Å². The van der Waals surface area contributed by atoms with E-state index < -0.39 is 0 Å². The highest BCUT2D eigenvalue weighted by molar-refractivity contribution is 5.40. The van der Waals surface area contributed by atoms with Crippen LogP contribution in [-0.4, -0.2) is 0 Å². The van der Waals surface area contributed by atoms with Crippen LogP contribution in [-0.2, 0) is 11.8 Å². The van der Waals surface area contributed by atoms with Crippen LogP contribution < -0.4 is 0 Å². The van der Waals surface area contributed by atoms with Crippen LogP contribution in [0.4, 0.5) is 0 Å². The highest BCUT2D eigenvalue weighted by atomic mass is 14.6. The van der Waals surface area contributed by atoms with Crippen LogP contribution in [0.3, 0.4) is 0 Å². The fourth-order valence-corrected chi connectivity index (χ4v) is 5.69. The second kappa shape index (κ2) is 4.35. The third-order valence-electron chi connectivity index (χ3n) is 6.42. The molecule has 5 rings (SSSR count). The van der Waals surface area contributed by atoms with E-state index in [1.54, 1.807) is 0 Å². The van der Waals surface area contributed by atoms with E-state index in [0.717, 1.165) is 18.3 Å². The first-order valence-electron chi connectivity index (χ1n) is 8.27. The van der Waals surface area contributed by atoms with Gasteiger partial charge in [-0.25, -0.2) is 0 Å². The topological polar surface area (TPSA) is 23.8 Å². The van der Waals surface area contributed by atoms with E-state index in [-0.39, 0.29) is 5.41 Å². The summed E-state index contributed by atoms with van der Waals surface area (Å²) < 4.78 is 0. The fraction of sp³-hybridized carbons (Fsp3) is 0.632. The average Bonchev–Trinajstić information content (AvgIpc) is 2.47. The van der Waals surface area contributed by atoms with Gasteiger partial charge < -0.3 is 0 Å². The third-order valence-corrected chi connectivity index (χ3v) is 6.42. The highest BCUT2D eigenvalue weighted by Gasteiger charge is 2.58. The fourth-order valence-electron chi connectivity index (χ4n) is 5.69. The largest absolute Gasteiger partial charge is 0.197 e. The summed E-state index contributed by atoms with van der Waals surface area (Å²) >= 11 is 0. The van der Waals surface area contributed by atoms with Crippen molar-refractivity contribution < 1.29 is 0 Å². The molecule has 1 nitrogen and oxygen atoms in total. The number of nitrogens with zero attached hydrogens (tertiary/aromatic N) is 1. The third kappa shape index (κ3) is 1.54. The molecule has 0 N–H and O–H groups in total. The zero-order valence-corrected chi connectivity index (χ0v) is 12.3. The molecule has 1 aromatic carbocycles. The summed E-state index contributed by atoms with van der Waals surface area (Å²) in [6.45, 7) is 2.20. The average molecular weight is 265 g/mol. The smallest absolute Gasteiger partial charge is 0.0878 e. The van der Waals surface area contributed by atoms with Crippen LogP contribution in [0.25, 0.3) is 0 Å². The molecule has 1 heteroatoms. The first-order chi connectivity index (χ1) is 9.76. The SMILES string of the molecule is CCc1cccc(C2(C#N)C3CC4CC(C3)CC2C4)c1.